The number of hydrogen-bond donors (Lipinski definition) is 2. The van der Waals surface area contributed by atoms with Crippen LogP contribution in [-0.4, -0.2) is 39.7 Å². The smallest absolute Gasteiger partial charge is 0.251 e. The summed E-state index contributed by atoms with van der Waals surface area (Å²) in [4.78, 5) is 24.7. The second kappa shape index (κ2) is 8.06. The van der Waals surface area contributed by atoms with Gasteiger partial charge in [0.2, 0.25) is 5.91 Å². The van der Waals surface area contributed by atoms with Gasteiger partial charge in [0.15, 0.2) is 0 Å². The third-order valence-electron chi connectivity index (χ3n) is 4.00. The molecule has 1 heterocycles. The SMILES string of the molecule is CNC(=O)C(Cc1ccccc1)NC(=O)c1ccc(-n2cnnc2)cc1. The highest BCUT2D eigenvalue weighted by Gasteiger charge is 2.20. The first-order valence-electron chi connectivity index (χ1n) is 8.19. The Bertz CT molecular complexity index is 861. The molecule has 7 nitrogen and oxygen atoms in total. The fourth-order valence-electron chi connectivity index (χ4n) is 2.59. The van der Waals surface area contributed by atoms with E-state index in [-0.39, 0.29) is 11.8 Å². The van der Waals surface area contributed by atoms with Gasteiger partial charge in [0.05, 0.1) is 0 Å². The number of aromatic nitrogens is 3. The fraction of sp³-hybridized carbons (Fsp3) is 0.158. The van der Waals surface area contributed by atoms with Crippen LogP contribution in [0.3, 0.4) is 0 Å². The topological polar surface area (TPSA) is 88.9 Å². The van der Waals surface area contributed by atoms with Crippen molar-refractivity contribution >= 4 is 11.8 Å². The maximum Gasteiger partial charge on any atom is 0.251 e. The highest BCUT2D eigenvalue weighted by molar-refractivity contribution is 5.97. The Morgan fingerprint density at radius 3 is 2.27 bits per heavy atom. The second-order valence-electron chi connectivity index (χ2n) is 5.75. The lowest BCUT2D eigenvalue weighted by Crippen LogP contribution is -2.47. The number of amides is 2. The van der Waals surface area contributed by atoms with Crippen molar-refractivity contribution in [1.82, 2.24) is 25.4 Å². The summed E-state index contributed by atoms with van der Waals surface area (Å²) in [5.41, 5.74) is 2.30. The number of nitrogens with zero attached hydrogens (tertiary/aromatic N) is 3. The molecule has 2 amide bonds. The normalized spacial score (nSPS) is 11.6. The van der Waals surface area contributed by atoms with Gasteiger partial charge in [0.25, 0.3) is 5.91 Å². The average molecular weight is 349 g/mol. The van der Waals surface area contributed by atoms with Crippen molar-refractivity contribution in [1.29, 1.82) is 0 Å². The molecule has 3 aromatic rings. The van der Waals surface area contributed by atoms with Crippen LogP contribution < -0.4 is 10.6 Å². The number of carbonyl (C=O) groups excluding carboxylic acids is 2. The summed E-state index contributed by atoms with van der Waals surface area (Å²) < 4.78 is 1.74. The van der Waals surface area contributed by atoms with Crippen LogP contribution in [0.25, 0.3) is 5.69 Å². The van der Waals surface area contributed by atoms with E-state index in [1.807, 2.05) is 30.3 Å². The Balaban J connectivity index is 1.71. The molecule has 0 radical (unpaired) electrons. The third kappa shape index (κ3) is 4.13. The highest BCUT2D eigenvalue weighted by atomic mass is 16.2. The molecule has 2 aromatic carbocycles. The van der Waals surface area contributed by atoms with Gasteiger partial charge in [-0.25, -0.2) is 0 Å². The summed E-state index contributed by atoms with van der Waals surface area (Å²) in [6.07, 6.45) is 3.58. The summed E-state index contributed by atoms with van der Waals surface area (Å²) >= 11 is 0. The average Bonchev–Trinajstić information content (AvgIpc) is 3.22. The molecule has 0 bridgehead atoms. The summed E-state index contributed by atoms with van der Waals surface area (Å²) in [5, 5.41) is 12.9. The Morgan fingerprint density at radius 2 is 1.65 bits per heavy atom. The quantitative estimate of drug-likeness (QED) is 0.703. The predicted octanol–water partition coefficient (Wildman–Crippen LogP) is 1.35. The van der Waals surface area contributed by atoms with Crippen molar-refractivity contribution in [2.24, 2.45) is 0 Å². The molecule has 1 aromatic heterocycles. The van der Waals surface area contributed by atoms with Gasteiger partial charge in [-0.1, -0.05) is 30.3 Å². The number of benzene rings is 2. The van der Waals surface area contributed by atoms with Gasteiger partial charge in [0, 0.05) is 24.7 Å². The third-order valence-corrected chi connectivity index (χ3v) is 4.00. The van der Waals surface area contributed by atoms with E-state index in [1.165, 1.54) is 0 Å². The molecule has 1 atom stereocenters. The van der Waals surface area contributed by atoms with E-state index >= 15 is 0 Å². The molecule has 0 aliphatic carbocycles. The van der Waals surface area contributed by atoms with Gasteiger partial charge in [0.1, 0.15) is 18.7 Å². The molecule has 26 heavy (non-hydrogen) atoms. The standard InChI is InChI=1S/C19H19N5O2/c1-20-19(26)17(11-14-5-3-2-4-6-14)23-18(25)15-7-9-16(10-8-15)24-12-21-22-13-24/h2-10,12-13,17H,11H2,1H3,(H,20,26)(H,23,25). The minimum atomic E-state index is -0.646. The molecule has 0 saturated heterocycles. The van der Waals surface area contributed by atoms with Crippen LogP contribution in [0.5, 0.6) is 0 Å². The van der Waals surface area contributed by atoms with E-state index < -0.39 is 6.04 Å². The first-order chi connectivity index (χ1) is 12.7. The molecular formula is C19H19N5O2. The molecule has 0 spiro atoms. The predicted molar refractivity (Wildman–Crippen MR) is 96.8 cm³/mol. The van der Waals surface area contributed by atoms with Gasteiger partial charge in [-0.3, -0.25) is 14.2 Å². The Labute approximate surface area is 151 Å². The maximum absolute atomic E-state index is 12.5. The van der Waals surface area contributed by atoms with Gasteiger partial charge < -0.3 is 10.6 Å². The minimum Gasteiger partial charge on any atom is -0.357 e. The largest absolute Gasteiger partial charge is 0.357 e. The summed E-state index contributed by atoms with van der Waals surface area (Å²) in [6, 6.07) is 15.9. The zero-order chi connectivity index (χ0) is 18.4. The number of hydrogen-bond acceptors (Lipinski definition) is 4. The van der Waals surface area contributed by atoms with E-state index in [0.29, 0.717) is 12.0 Å². The molecule has 132 valence electrons. The lowest BCUT2D eigenvalue weighted by atomic mass is 10.0. The zero-order valence-corrected chi connectivity index (χ0v) is 14.3. The Kier molecular flexibility index (Phi) is 5.38. The molecule has 0 saturated carbocycles. The number of nitrogens with one attached hydrogen (secondary N) is 2. The zero-order valence-electron chi connectivity index (χ0n) is 14.3. The van der Waals surface area contributed by atoms with Crippen LogP contribution in [0.1, 0.15) is 15.9 Å². The molecule has 3 rings (SSSR count). The summed E-state index contributed by atoms with van der Waals surface area (Å²) in [7, 11) is 1.56. The lowest BCUT2D eigenvalue weighted by molar-refractivity contribution is -0.122. The lowest BCUT2D eigenvalue weighted by Gasteiger charge is -2.17. The highest BCUT2D eigenvalue weighted by Crippen LogP contribution is 2.10. The van der Waals surface area contributed by atoms with Crippen molar-refractivity contribution in [3.05, 3.63) is 78.4 Å². The van der Waals surface area contributed by atoms with Crippen LogP contribution in [0.2, 0.25) is 0 Å². The van der Waals surface area contributed by atoms with Gasteiger partial charge >= 0.3 is 0 Å². The van der Waals surface area contributed by atoms with Gasteiger partial charge in [-0.2, -0.15) is 0 Å². The minimum absolute atomic E-state index is 0.233. The first kappa shape index (κ1) is 17.3. The molecule has 7 heteroatoms. The Hall–Kier alpha value is -3.48. The van der Waals surface area contributed by atoms with Crippen molar-refractivity contribution < 1.29 is 9.59 Å². The van der Waals surface area contributed by atoms with Gasteiger partial charge in [-0.15, -0.1) is 10.2 Å². The fourth-order valence-corrected chi connectivity index (χ4v) is 2.59. The van der Waals surface area contributed by atoms with Crippen LogP contribution in [0.4, 0.5) is 0 Å². The number of carbonyl (C=O) groups is 2. The molecule has 2 N–H and O–H groups in total. The van der Waals surface area contributed by atoms with E-state index in [2.05, 4.69) is 20.8 Å². The summed E-state index contributed by atoms with van der Waals surface area (Å²) in [5.74, 6) is -0.534. The van der Waals surface area contributed by atoms with E-state index in [9.17, 15) is 9.59 Å². The first-order valence-corrected chi connectivity index (χ1v) is 8.19. The molecule has 1 unspecified atom stereocenters. The Morgan fingerprint density at radius 1 is 1.00 bits per heavy atom. The number of likely N-dealkylation sites (N-methyl/N-ethyl adjacent to an activating group) is 1. The monoisotopic (exact) mass is 349 g/mol. The van der Waals surface area contributed by atoms with Crippen molar-refractivity contribution in [3.63, 3.8) is 0 Å². The molecule has 0 fully saturated rings. The van der Waals surface area contributed by atoms with E-state index in [0.717, 1.165) is 11.3 Å². The van der Waals surface area contributed by atoms with E-state index in [1.54, 1.807) is 48.5 Å². The second-order valence-corrected chi connectivity index (χ2v) is 5.75. The maximum atomic E-state index is 12.5. The van der Waals surface area contributed by atoms with Crippen molar-refractivity contribution in [2.75, 3.05) is 7.05 Å². The van der Waals surface area contributed by atoms with Crippen molar-refractivity contribution in [2.45, 2.75) is 12.5 Å². The molecular weight excluding hydrogens is 330 g/mol. The van der Waals surface area contributed by atoms with Crippen LogP contribution in [0.15, 0.2) is 67.3 Å². The molecule has 0 aliphatic heterocycles. The van der Waals surface area contributed by atoms with Gasteiger partial charge in [-0.05, 0) is 29.8 Å². The van der Waals surface area contributed by atoms with Crippen molar-refractivity contribution in [3.8, 4) is 5.69 Å². The van der Waals surface area contributed by atoms with E-state index in [4.69, 9.17) is 0 Å². The molecule has 0 aliphatic rings. The van der Waals surface area contributed by atoms with Crippen LogP contribution in [-0.2, 0) is 11.2 Å². The number of rotatable bonds is 6. The van der Waals surface area contributed by atoms with Crippen LogP contribution >= 0.6 is 0 Å². The summed E-state index contributed by atoms with van der Waals surface area (Å²) in [6.45, 7) is 0. The van der Waals surface area contributed by atoms with Crippen LogP contribution in [0, 0.1) is 0 Å².